The van der Waals surface area contributed by atoms with Crippen LogP contribution in [0.4, 0.5) is 10.1 Å². The van der Waals surface area contributed by atoms with E-state index < -0.39 is 29.6 Å². The zero-order valence-electron chi connectivity index (χ0n) is 14.8. The average Bonchev–Trinajstić information content (AvgIpc) is 2.87. The number of benzene rings is 2. The molecule has 5 nitrogen and oxygen atoms in total. The second-order valence-corrected chi connectivity index (χ2v) is 7.22. The molecular formula is C20H18ClFN2O3. The number of carbonyl (C=O) groups excluding carboxylic acids is 3. The van der Waals surface area contributed by atoms with Gasteiger partial charge >= 0.3 is 0 Å². The number of hydrogen-bond donors (Lipinski definition) is 1. The Balaban J connectivity index is 1.93. The van der Waals surface area contributed by atoms with Crippen LogP contribution in [0, 0.1) is 11.7 Å². The molecule has 1 N–H and O–H groups in total. The molecule has 3 amide bonds. The molecule has 3 rings (SSSR count). The second kappa shape index (κ2) is 7.48. The second-order valence-electron chi connectivity index (χ2n) is 6.78. The Morgan fingerprint density at radius 1 is 1.11 bits per heavy atom. The number of rotatable bonds is 5. The lowest BCUT2D eigenvalue weighted by Crippen LogP contribution is -2.48. The maximum atomic E-state index is 14.0. The van der Waals surface area contributed by atoms with Crippen LogP contribution in [0.25, 0.3) is 0 Å². The zero-order valence-corrected chi connectivity index (χ0v) is 15.6. The average molecular weight is 389 g/mol. The molecule has 1 heterocycles. The summed E-state index contributed by atoms with van der Waals surface area (Å²) in [5, 5.41) is 2.71. The topological polar surface area (TPSA) is 66.5 Å². The summed E-state index contributed by atoms with van der Waals surface area (Å²) in [4.78, 5) is 39.3. The van der Waals surface area contributed by atoms with Gasteiger partial charge in [0.05, 0.1) is 16.8 Å². The smallest absolute Gasteiger partial charge is 0.262 e. The van der Waals surface area contributed by atoms with E-state index in [1.165, 1.54) is 12.1 Å². The number of halogens is 2. The van der Waals surface area contributed by atoms with Gasteiger partial charge in [0.15, 0.2) is 0 Å². The van der Waals surface area contributed by atoms with E-state index in [4.69, 9.17) is 11.6 Å². The van der Waals surface area contributed by atoms with Crippen molar-refractivity contribution in [3.63, 3.8) is 0 Å². The minimum atomic E-state index is -1.06. The summed E-state index contributed by atoms with van der Waals surface area (Å²) in [5.41, 5.74) is 0.425. The van der Waals surface area contributed by atoms with Gasteiger partial charge in [0.2, 0.25) is 5.91 Å². The molecule has 140 valence electrons. The highest BCUT2D eigenvalue weighted by Gasteiger charge is 2.42. The molecule has 1 atom stereocenters. The fraction of sp³-hybridized carbons (Fsp3) is 0.250. The van der Waals surface area contributed by atoms with Crippen LogP contribution in [0.1, 0.15) is 41.0 Å². The number of nitrogens with zero attached hydrogens (tertiary/aromatic N) is 1. The van der Waals surface area contributed by atoms with Crippen LogP contribution in [0.15, 0.2) is 42.5 Å². The van der Waals surface area contributed by atoms with Crippen molar-refractivity contribution in [3.05, 3.63) is 64.4 Å². The highest BCUT2D eigenvalue weighted by Crippen LogP contribution is 2.28. The Kier molecular flexibility index (Phi) is 5.28. The number of amides is 3. The van der Waals surface area contributed by atoms with E-state index in [0.29, 0.717) is 0 Å². The number of anilines is 1. The minimum absolute atomic E-state index is 0.0225. The molecule has 2 aromatic rings. The fourth-order valence-corrected chi connectivity index (χ4v) is 3.25. The Bertz CT molecular complexity index is 894. The summed E-state index contributed by atoms with van der Waals surface area (Å²) in [6.45, 7) is 3.75. The Hall–Kier alpha value is -2.73. The first-order valence-electron chi connectivity index (χ1n) is 8.52. The maximum Gasteiger partial charge on any atom is 0.262 e. The van der Waals surface area contributed by atoms with Crippen LogP contribution >= 0.6 is 11.6 Å². The van der Waals surface area contributed by atoms with Gasteiger partial charge < -0.3 is 5.32 Å². The summed E-state index contributed by atoms with van der Waals surface area (Å²) in [6.07, 6.45) is 0.249. The van der Waals surface area contributed by atoms with Crippen molar-refractivity contribution < 1.29 is 18.8 Å². The van der Waals surface area contributed by atoms with E-state index in [1.54, 1.807) is 24.3 Å². The van der Waals surface area contributed by atoms with Crippen LogP contribution in [-0.4, -0.2) is 28.7 Å². The molecule has 2 aromatic carbocycles. The third-order valence-electron chi connectivity index (χ3n) is 4.32. The van der Waals surface area contributed by atoms with E-state index in [2.05, 4.69) is 5.32 Å². The molecule has 0 saturated heterocycles. The van der Waals surface area contributed by atoms with Gasteiger partial charge in [0.25, 0.3) is 11.8 Å². The van der Waals surface area contributed by atoms with E-state index >= 15 is 0 Å². The number of nitrogens with one attached hydrogen (secondary N) is 1. The normalized spacial score (nSPS) is 14.5. The molecule has 1 aliphatic heterocycles. The van der Waals surface area contributed by atoms with Crippen molar-refractivity contribution in [3.8, 4) is 0 Å². The van der Waals surface area contributed by atoms with Gasteiger partial charge in [0, 0.05) is 5.02 Å². The lowest BCUT2D eigenvalue weighted by molar-refractivity contribution is -0.120. The molecule has 1 aliphatic rings. The van der Waals surface area contributed by atoms with Crippen LogP contribution in [0.2, 0.25) is 5.02 Å². The number of fused-ring (bicyclic) bond motifs is 1. The van der Waals surface area contributed by atoms with Gasteiger partial charge in [-0.3, -0.25) is 19.3 Å². The van der Waals surface area contributed by atoms with Crippen LogP contribution in [-0.2, 0) is 4.79 Å². The Labute approximate surface area is 161 Å². The fourth-order valence-electron chi connectivity index (χ4n) is 3.08. The van der Waals surface area contributed by atoms with Gasteiger partial charge in [-0.25, -0.2) is 4.39 Å². The molecule has 0 unspecified atom stereocenters. The van der Waals surface area contributed by atoms with Crippen molar-refractivity contribution in [1.82, 2.24) is 4.90 Å². The maximum absolute atomic E-state index is 14.0. The summed E-state index contributed by atoms with van der Waals surface area (Å²) in [5.74, 6) is -2.32. The molecule has 0 fully saturated rings. The quantitative estimate of drug-likeness (QED) is 0.783. The molecule has 7 heteroatoms. The minimum Gasteiger partial charge on any atom is -0.322 e. The standard InChI is InChI=1S/C20H18ClFN2O3/c1-11(2)9-17(18(25)23-16-10-12(21)7-8-15(16)22)24-19(26)13-5-3-4-6-14(13)20(24)27/h3-8,10-11,17H,9H2,1-2H3,(H,23,25)/t17-/m0/s1. The number of imide groups is 1. The summed E-state index contributed by atoms with van der Waals surface area (Å²) >= 11 is 5.86. The van der Waals surface area contributed by atoms with Crippen molar-refractivity contribution in [1.29, 1.82) is 0 Å². The molecule has 0 aliphatic carbocycles. The third-order valence-corrected chi connectivity index (χ3v) is 4.56. The zero-order chi connectivity index (χ0) is 19.7. The van der Waals surface area contributed by atoms with Crippen LogP contribution in [0.3, 0.4) is 0 Å². The first-order chi connectivity index (χ1) is 12.8. The molecule has 0 bridgehead atoms. The van der Waals surface area contributed by atoms with Gasteiger partial charge in [0.1, 0.15) is 11.9 Å². The van der Waals surface area contributed by atoms with Gasteiger partial charge in [-0.05, 0) is 42.7 Å². The van der Waals surface area contributed by atoms with E-state index in [1.807, 2.05) is 13.8 Å². The largest absolute Gasteiger partial charge is 0.322 e. The van der Waals surface area contributed by atoms with E-state index in [9.17, 15) is 18.8 Å². The van der Waals surface area contributed by atoms with E-state index in [-0.39, 0.29) is 34.2 Å². The third kappa shape index (κ3) is 3.71. The molecule has 0 saturated carbocycles. The first kappa shape index (κ1) is 19.0. The molecule has 27 heavy (non-hydrogen) atoms. The first-order valence-corrected chi connectivity index (χ1v) is 8.90. The predicted molar refractivity (Wildman–Crippen MR) is 100 cm³/mol. The summed E-state index contributed by atoms with van der Waals surface area (Å²) < 4.78 is 14.0. The highest BCUT2D eigenvalue weighted by atomic mass is 35.5. The van der Waals surface area contributed by atoms with Gasteiger partial charge in [-0.2, -0.15) is 0 Å². The van der Waals surface area contributed by atoms with Crippen LogP contribution < -0.4 is 5.32 Å². The van der Waals surface area contributed by atoms with Crippen molar-refractivity contribution in [2.75, 3.05) is 5.32 Å². The van der Waals surface area contributed by atoms with Gasteiger partial charge in [-0.1, -0.05) is 37.6 Å². The SMILES string of the molecule is CC(C)C[C@@H](C(=O)Nc1cc(Cl)ccc1F)N1C(=O)c2ccccc2C1=O. The number of carbonyl (C=O) groups is 3. The van der Waals surface area contributed by atoms with Crippen LogP contribution in [0.5, 0.6) is 0 Å². The molecule has 0 radical (unpaired) electrons. The monoisotopic (exact) mass is 388 g/mol. The van der Waals surface area contributed by atoms with E-state index in [0.717, 1.165) is 11.0 Å². The summed E-state index contributed by atoms with van der Waals surface area (Å²) in [6, 6.07) is 9.14. The Morgan fingerprint density at radius 3 is 2.26 bits per heavy atom. The lowest BCUT2D eigenvalue weighted by atomic mass is 10.0. The lowest BCUT2D eigenvalue weighted by Gasteiger charge is -2.26. The van der Waals surface area contributed by atoms with Crippen molar-refractivity contribution >= 4 is 35.0 Å². The Morgan fingerprint density at radius 2 is 1.70 bits per heavy atom. The number of hydrogen-bond acceptors (Lipinski definition) is 3. The van der Waals surface area contributed by atoms with Gasteiger partial charge in [-0.15, -0.1) is 0 Å². The van der Waals surface area contributed by atoms with Crippen molar-refractivity contribution in [2.45, 2.75) is 26.3 Å². The summed E-state index contributed by atoms with van der Waals surface area (Å²) in [7, 11) is 0. The molecule has 0 aromatic heterocycles. The predicted octanol–water partition coefficient (Wildman–Crippen LogP) is 4.13. The highest BCUT2D eigenvalue weighted by molar-refractivity contribution is 6.31. The van der Waals surface area contributed by atoms with Crippen molar-refractivity contribution in [2.24, 2.45) is 5.92 Å². The molecule has 0 spiro atoms. The molecular weight excluding hydrogens is 371 g/mol.